The Kier molecular flexibility index (Phi) is 4.85. The second-order valence-corrected chi connectivity index (χ2v) is 4.96. The Labute approximate surface area is 123 Å². The molecule has 2 aromatic rings. The van der Waals surface area contributed by atoms with Gasteiger partial charge in [0.1, 0.15) is 0 Å². The van der Waals surface area contributed by atoms with Gasteiger partial charge in [0, 0.05) is 25.0 Å². The highest BCUT2D eigenvalue weighted by atomic mass is 19.1. The highest BCUT2D eigenvalue weighted by Crippen LogP contribution is 2.25. The number of pyridine rings is 1. The van der Waals surface area contributed by atoms with Gasteiger partial charge in [-0.05, 0) is 49.4 Å². The summed E-state index contributed by atoms with van der Waals surface area (Å²) in [6.45, 7) is 2.47. The van der Waals surface area contributed by atoms with E-state index in [4.69, 9.17) is 0 Å². The van der Waals surface area contributed by atoms with Crippen molar-refractivity contribution >= 4 is 0 Å². The Morgan fingerprint density at radius 2 is 1.76 bits per heavy atom. The molecule has 21 heavy (non-hydrogen) atoms. The van der Waals surface area contributed by atoms with Crippen LogP contribution < -0.4 is 4.74 Å². The van der Waals surface area contributed by atoms with Crippen molar-refractivity contribution in [1.82, 2.24) is 9.88 Å². The van der Waals surface area contributed by atoms with E-state index in [1.807, 2.05) is 31.0 Å². The molecule has 0 saturated carbocycles. The first kappa shape index (κ1) is 15.4. The summed E-state index contributed by atoms with van der Waals surface area (Å²) in [6, 6.07) is 6.57. The first-order chi connectivity index (χ1) is 10.0. The van der Waals surface area contributed by atoms with Crippen molar-refractivity contribution in [2.45, 2.75) is 19.5 Å². The Balaban J connectivity index is 2.14. The average molecular weight is 292 g/mol. The fourth-order valence-electron chi connectivity index (χ4n) is 2.22. The predicted octanol–water partition coefficient (Wildman–Crippen LogP) is 3.56. The Bertz CT molecular complexity index is 581. The first-order valence-electron chi connectivity index (χ1n) is 6.65. The molecule has 0 saturated heterocycles. The quantitative estimate of drug-likeness (QED) is 0.842. The van der Waals surface area contributed by atoms with E-state index in [1.54, 1.807) is 12.4 Å². The fourth-order valence-corrected chi connectivity index (χ4v) is 2.22. The maximum absolute atomic E-state index is 13.7. The van der Waals surface area contributed by atoms with E-state index in [0.717, 1.165) is 5.56 Å². The largest absolute Gasteiger partial charge is 0.491 e. The smallest absolute Gasteiger partial charge is 0.190 e. The van der Waals surface area contributed by atoms with Crippen LogP contribution in [0.5, 0.6) is 5.75 Å². The van der Waals surface area contributed by atoms with Crippen molar-refractivity contribution in [1.29, 1.82) is 0 Å². The first-order valence-corrected chi connectivity index (χ1v) is 6.65. The van der Waals surface area contributed by atoms with Crippen LogP contribution in [0.1, 0.15) is 24.1 Å². The molecule has 0 fully saturated rings. The molecule has 0 N–H and O–H groups in total. The van der Waals surface area contributed by atoms with Gasteiger partial charge in [-0.3, -0.25) is 9.88 Å². The number of methoxy groups -OCH3 is 1. The molecule has 0 radical (unpaired) electrons. The summed E-state index contributed by atoms with van der Waals surface area (Å²) >= 11 is 0. The molecule has 1 atom stereocenters. The summed E-state index contributed by atoms with van der Waals surface area (Å²) in [6.07, 6.45) is 3.46. The number of hydrogen-bond acceptors (Lipinski definition) is 3. The molecule has 0 amide bonds. The van der Waals surface area contributed by atoms with E-state index >= 15 is 0 Å². The molecule has 0 bridgehead atoms. The van der Waals surface area contributed by atoms with E-state index in [-0.39, 0.29) is 11.8 Å². The van der Waals surface area contributed by atoms with Gasteiger partial charge in [-0.25, -0.2) is 8.78 Å². The molecule has 0 spiro atoms. The molecule has 1 aromatic heterocycles. The summed E-state index contributed by atoms with van der Waals surface area (Å²) in [5, 5.41) is 0. The minimum Gasteiger partial charge on any atom is -0.491 e. The molecule has 112 valence electrons. The summed E-state index contributed by atoms with van der Waals surface area (Å²) in [4.78, 5) is 5.99. The van der Waals surface area contributed by atoms with Crippen LogP contribution in [0.3, 0.4) is 0 Å². The molecule has 5 heteroatoms. The Morgan fingerprint density at radius 3 is 2.29 bits per heavy atom. The van der Waals surface area contributed by atoms with Crippen LogP contribution in [0.15, 0.2) is 36.7 Å². The monoisotopic (exact) mass is 292 g/mol. The van der Waals surface area contributed by atoms with Crippen molar-refractivity contribution in [3.63, 3.8) is 0 Å². The third kappa shape index (κ3) is 3.55. The number of nitrogens with zero attached hydrogens (tertiary/aromatic N) is 2. The van der Waals surface area contributed by atoms with Crippen molar-refractivity contribution in [3.8, 4) is 5.75 Å². The normalized spacial score (nSPS) is 12.5. The van der Waals surface area contributed by atoms with Crippen LogP contribution in [-0.2, 0) is 6.54 Å². The van der Waals surface area contributed by atoms with Gasteiger partial charge in [0.05, 0.1) is 7.11 Å². The lowest BCUT2D eigenvalue weighted by Gasteiger charge is -2.25. The second kappa shape index (κ2) is 6.63. The highest BCUT2D eigenvalue weighted by Gasteiger charge is 2.15. The lowest BCUT2D eigenvalue weighted by atomic mass is 10.1. The number of halogens is 2. The topological polar surface area (TPSA) is 25.4 Å². The zero-order chi connectivity index (χ0) is 15.4. The van der Waals surface area contributed by atoms with Crippen molar-refractivity contribution in [2.24, 2.45) is 0 Å². The van der Waals surface area contributed by atoms with Crippen molar-refractivity contribution < 1.29 is 13.5 Å². The summed E-state index contributed by atoms with van der Waals surface area (Å²) < 4.78 is 32.1. The van der Waals surface area contributed by atoms with Crippen LogP contribution >= 0.6 is 0 Å². The average Bonchev–Trinajstić information content (AvgIpc) is 2.47. The minimum atomic E-state index is -0.683. The SMILES string of the molecule is COc1c(F)cc(CN(C)[C@H](C)c2ccncc2)cc1F. The van der Waals surface area contributed by atoms with Crippen molar-refractivity contribution in [2.75, 3.05) is 14.2 Å². The summed E-state index contributed by atoms with van der Waals surface area (Å²) in [5.74, 6) is -1.71. The van der Waals surface area contributed by atoms with Gasteiger partial charge in [0.15, 0.2) is 17.4 Å². The molecule has 3 nitrogen and oxygen atoms in total. The third-order valence-electron chi connectivity index (χ3n) is 3.54. The Morgan fingerprint density at radius 1 is 1.19 bits per heavy atom. The van der Waals surface area contributed by atoms with Gasteiger partial charge >= 0.3 is 0 Å². The molecule has 0 aliphatic carbocycles. The molecule has 0 unspecified atom stereocenters. The zero-order valence-electron chi connectivity index (χ0n) is 12.3. The zero-order valence-corrected chi connectivity index (χ0v) is 12.3. The van der Waals surface area contributed by atoms with E-state index < -0.39 is 11.6 Å². The third-order valence-corrected chi connectivity index (χ3v) is 3.54. The molecule has 1 aromatic carbocycles. The number of ether oxygens (including phenoxy) is 1. The van der Waals surface area contributed by atoms with Crippen LogP contribution in [0.2, 0.25) is 0 Å². The second-order valence-electron chi connectivity index (χ2n) is 4.96. The molecular formula is C16H18F2N2O. The number of aromatic nitrogens is 1. The Hall–Kier alpha value is -2.01. The van der Waals surface area contributed by atoms with Gasteiger partial charge in [-0.2, -0.15) is 0 Å². The van der Waals surface area contributed by atoms with Crippen LogP contribution in [-0.4, -0.2) is 24.0 Å². The van der Waals surface area contributed by atoms with Gasteiger partial charge in [-0.1, -0.05) is 0 Å². The summed E-state index contributed by atoms with van der Waals surface area (Å²) in [5.41, 5.74) is 1.66. The number of hydrogen-bond donors (Lipinski definition) is 0. The lowest BCUT2D eigenvalue weighted by molar-refractivity contribution is 0.251. The van der Waals surface area contributed by atoms with E-state index in [1.165, 1.54) is 19.2 Å². The lowest BCUT2D eigenvalue weighted by Crippen LogP contribution is -2.22. The molecule has 0 aliphatic rings. The minimum absolute atomic E-state index is 0.112. The van der Waals surface area contributed by atoms with Crippen LogP contribution in [0, 0.1) is 11.6 Å². The maximum Gasteiger partial charge on any atom is 0.190 e. The van der Waals surface area contributed by atoms with E-state index in [2.05, 4.69) is 9.72 Å². The fraction of sp³-hybridized carbons (Fsp3) is 0.312. The van der Waals surface area contributed by atoms with Crippen LogP contribution in [0.4, 0.5) is 8.78 Å². The number of benzene rings is 1. The molecular weight excluding hydrogens is 274 g/mol. The van der Waals surface area contributed by atoms with E-state index in [0.29, 0.717) is 12.1 Å². The highest BCUT2D eigenvalue weighted by molar-refractivity contribution is 5.31. The standard InChI is InChI=1S/C16H18F2N2O/c1-11(13-4-6-19-7-5-13)20(2)10-12-8-14(17)16(21-3)15(18)9-12/h4-9,11H,10H2,1-3H3/t11-/m1/s1. The van der Waals surface area contributed by atoms with Gasteiger partial charge < -0.3 is 4.74 Å². The number of rotatable bonds is 5. The molecule has 0 aliphatic heterocycles. The van der Waals surface area contributed by atoms with Crippen LogP contribution in [0.25, 0.3) is 0 Å². The van der Waals surface area contributed by atoms with Gasteiger partial charge in [0.2, 0.25) is 0 Å². The van der Waals surface area contributed by atoms with Gasteiger partial charge in [-0.15, -0.1) is 0 Å². The van der Waals surface area contributed by atoms with Gasteiger partial charge in [0.25, 0.3) is 0 Å². The maximum atomic E-state index is 13.7. The van der Waals surface area contributed by atoms with E-state index in [9.17, 15) is 8.78 Å². The predicted molar refractivity (Wildman–Crippen MR) is 77.0 cm³/mol. The summed E-state index contributed by atoms with van der Waals surface area (Å²) in [7, 11) is 3.16. The molecule has 1 heterocycles. The van der Waals surface area contributed by atoms with Crippen molar-refractivity contribution in [3.05, 3.63) is 59.4 Å². The molecule has 2 rings (SSSR count).